The number of carboxylic acid groups (broad SMARTS) is 1. The van der Waals surface area contributed by atoms with E-state index in [1.165, 1.54) is 6.92 Å². The quantitative estimate of drug-likeness (QED) is 0.589. The van der Waals surface area contributed by atoms with E-state index >= 15 is 0 Å². The largest absolute Gasteiger partial charge is 0.478 e. The van der Waals surface area contributed by atoms with E-state index in [0.717, 1.165) is 6.26 Å². The molecule has 1 unspecified atom stereocenters. The molecule has 0 aromatic heterocycles. The summed E-state index contributed by atoms with van der Waals surface area (Å²) in [5.41, 5.74) is 0.0406. The molecule has 0 aliphatic carbocycles. The molecule has 0 amide bonds. The van der Waals surface area contributed by atoms with Gasteiger partial charge in [-0.2, -0.15) is 0 Å². The minimum atomic E-state index is -1.09. The highest BCUT2D eigenvalue weighted by Gasteiger charge is 2.10. The van der Waals surface area contributed by atoms with Crippen molar-refractivity contribution in [3.8, 4) is 5.75 Å². The molecule has 1 rings (SSSR count). The smallest absolute Gasteiger partial charge is 0.334 e. The van der Waals surface area contributed by atoms with E-state index in [4.69, 9.17) is 14.9 Å². The highest BCUT2D eigenvalue weighted by molar-refractivity contribution is 5.86. The highest BCUT2D eigenvalue weighted by Crippen LogP contribution is 2.12. The zero-order valence-electron chi connectivity index (χ0n) is 8.96. The van der Waals surface area contributed by atoms with Crippen LogP contribution in [0.2, 0.25) is 0 Å². The van der Waals surface area contributed by atoms with E-state index in [9.17, 15) is 4.79 Å². The van der Waals surface area contributed by atoms with Crippen LogP contribution in [0, 0.1) is 0 Å². The van der Waals surface area contributed by atoms with Crippen LogP contribution < -0.4 is 4.74 Å². The van der Waals surface area contributed by atoms with Crippen molar-refractivity contribution in [3.05, 3.63) is 42.2 Å². The Morgan fingerprint density at radius 2 is 2.06 bits per heavy atom. The molecular formula is C12H14O4. The van der Waals surface area contributed by atoms with Gasteiger partial charge >= 0.3 is 5.97 Å². The molecule has 0 aliphatic heterocycles. The normalized spacial score (nSPS) is 13.2. The fraction of sp³-hybridized carbons (Fsp3) is 0.250. The second-order valence-corrected chi connectivity index (χ2v) is 3.43. The summed E-state index contributed by atoms with van der Waals surface area (Å²) in [6.45, 7) is 1.53. The molecule has 0 aliphatic rings. The number of carboxylic acids is 1. The lowest BCUT2D eigenvalue weighted by atomic mass is 10.1. The minimum Gasteiger partial charge on any atom is -0.478 e. The Morgan fingerprint density at radius 3 is 2.56 bits per heavy atom. The average molecular weight is 222 g/mol. The van der Waals surface area contributed by atoms with Crippen molar-refractivity contribution in [1.29, 1.82) is 0 Å². The number of rotatable bonds is 5. The number of aliphatic carboxylic acids is 1. The maximum atomic E-state index is 10.8. The maximum Gasteiger partial charge on any atom is 0.334 e. The van der Waals surface area contributed by atoms with Gasteiger partial charge in [-0.1, -0.05) is 18.2 Å². The highest BCUT2D eigenvalue weighted by atomic mass is 16.5. The molecule has 0 spiro atoms. The Kier molecular flexibility index (Phi) is 4.54. The van der Waals surface area contributed by atoms with Crippen LogP contribution >= 0.6 is 0 Å². The van der Waals surface area contributed by atoms with E-state index < -0.39 is 12.1 Å². The number of benzene rings is 1. The molecule has 4 nitrogen and oxygen atoms in total. The summed E-state index contributed by atoms with van der Waals surface area (Å²) in [4.78, 5) is 10.8. The van der Waals surface area contributed by atoms with Crippen molar-refractivity contribution in [2.45, 2.75) is 19.4 Å². The number of carbonyl (C=O) groups is 1. The Labute approximate surface area is 93.8 Å². The number of hydrogen-bond donors (Lipinski definition) is 2. The molecule has 0 fully saturated rings. The summed E-state index contributed by atoms with van der Waals surface area (Å²) >= 11 is 0. The Balaban J connectivity index is 2.68. The van der Waals surface area contributed by atoms with Crippen LogP contribution in [0.1, 0.15) is 13.3 Å². The van der Waals surface area contributed by atoms with Gasteiger partial charge < -0.3 is 14.9 Å². The Morgan fingerprint density at radius 1 is 1.44 bits per heavy atom. The van der Waals surface area contributed by atoms with Crippen LogP contribution in [0.3, 0.4) is 0 Å². The second-order valence-electron chi connectivity index (χ2n) is 3.43. The average Bonchev–Trinajstić information content (AvgIpc) is 2.25. The van der Waals surface area contributed by atoms with Crippen LogP contribution in [0.15, 0.2) is 42.2 Å². The van der Waals surface area contributed by atoms with Crippen molar-refractivity contribution >= 4 is 5.97 Å². The fourth-order valence-electron chi connectivity index (χ4n) is 1.14. The van der Waals surface area contributed by atoms with Crippen LogP contribution in [0.4, 0.5) is 0 Å². The monoisotopic (exact) mass is 222 g/mol. The minimum absolute atomic E-state index is 0.0406. The fourth-order valence-corrected chi connectivity index (χ4v) is 1.14. The van der Waals surface area contributed by atoms with E-state index in [-0.39, 0.29) is 12.0 Å². The first-order valence-corrected chi connectivity index (χ1v) is 4.91. The lowest BCUT2D eigenvalue weighted by molar-refractivity contribution is -0.133. The number of aliphatic hydroxyl groups excluding tert-OH is 1. The van der Waals surface area contributed by atoms with E-state index in [1.54, 1.807) is 24.3 Å². The van der Waals surface area contributed by atoms with Crippen molar-refractivity contribution in [2.24, 2.45) is 0 Å². The molecule has 0 bridgehead atoms. The zero-order valence-corrected chi connectivity index (χ0v) is 8.96. The summed E-state index contributed by atoms with van der Waals surface area (Å²) in [6, 6.07) is 8.86. The van der Waals surface area contributed by atoms with Gasteiger partial charge in [-0.3, -0.25) is 0 Å². The van der Waals surface area contributed by atoms with Gasteiger partial charge in [0.15, 0.2) is 0 Å². The molecule has 86 valence electrons. The summed E-state index contributed by atoms with van der Waals surface area (Å²) in [7, 11) is 0. The van der Waals surface area contributed by atoms with E-state index in [0.29, 0.717) is 5.75 Å². The topological polar surface area (TPSA) is 66.8 Å². The maximum absolute atomic E-state index is 10.8. The van der Waals surface area contributed by atoms with Gasteiger partial charge in [0.2, 0.25) is 0 Å². The Hall–Kier alpha value is -1.81. The van der Waals surface area contributed by atoms with Gasteiger partial charge in [0.05, 0.1) is 11.7 Å². The predicted molar refractivity (Wildman–Crippen MR) is 59.1 cm³/mol. The predicted octanol–water partition coefficient (Wildman–Crippen LogP) is 1.80. The summed E-state index contributed by atoms with van der Waals surface area (Å²) in [5, 5.41) is 17.9. The third kappa shape index (κ3) is 4.14. The summed E-state index contributed by atoms with van der Waals surface area (Å²) < 4.78 is 5.18. The van der Waals surface area contributed by atoms with E-state index in [2.05, 4.69) is 0 Å². The third-order valence-electron chi connectivity index (χ3n) is 1.87. The van der Waals surface area contributed by atoms with Crippen LogP contribution in [-0.4, -0.2) is 22.3 Å². The van der Waals surface area contributed by atoms with Gasteiger partial charge in [-0.15, -0.1) is 0 Å². The molecule has 2 N–H and O–H groups in total. The third-order valence-corrected chi connectivity index (χ3v) is 1.87. The summed E-state index contributed by atoms with van der Waals surface area (Å²) in [6.07, 6.45) is 0.508. The molecule has 0 radical (unpaired) electrons. The van der Waals surface area contributed by atoms with Crippen molar-refractivity contribution in [1.82, 2.24) is 0 Å². The summed E-state index contributed by atoms with van der Waals surface area (Å²) in [5.74, 6) is -0.524. The molecule has 4 heteroatoms. The molecule has 1 aromatic carbocycles. The van der Waals surface area contributed by atoms with Gasteiger partial charge in [-0.25, -0.2) is 4.79 Å². The van der Waals surface area contributed by atoms with Crippen molar-refractivity contribution in [3.63, 3.8) is 0 Å². The lowest BCUT2D eigenvalue weighted by Gasteiger charge is -2.05. The van der Waals surface area contributed by atoms with Crippen LogP contribution in [-0.2, 0) is 4.79 Å². The molecule has 0 saturated heterocycles. The number of hydrogen-bond acceptors (Lipinski definition) is 3. The van der Waals surface area contributed by atoms with Crippen LogP contribution in [0.5, 0.6) is 5.75 Å². The van der Waals surface area contributed by atoms with Gasteiger partial charge in [0.1, 0.15) is 12.0 Å². The first-order chi connectivity index (χ1) is 7.59. The molecular weight excluding hydrogens is 208 g/mol. The van der Waals surface area contributed by atoms with Gasteiger partial charge in [-0.05, 0) is 19.1 Å². The molecule has 0 saturated carbocycles. The number of aliphatic hydroxyl groups is 1. The SMILES string of the molecule is CC(O)CC(=COc1ccccc1)C(=O)O. The van der Waals surface area contributed by atoms with Crippen molar-refractivity contribution in [2.75, 3.05) is 0 Å². The Bertz CT molecular complexity index is 368. The van der Waals surface area contributed by atoms with Gasteiger partial charge in [0, 0.05) is 6.42 Å². The molecule has 0 heterocycles. The van der Waals surface area contributed by atoms with E-state index in [1.807, 2.05) is 6.07 Å². The lowest BCUT2D eigenvalue weighted by Crippen LogP contribution is -2.09. The van der Waals surface area contributed by atoms with Gasteiger partial charge in [0.25, 0.3) is 0 Å². The molecule has 1 aromatic rings. The zero-order chi connectivity index (χ0) is 12.0. The standard InChI is InChI=1S/C12H14O4/c1-9(13)7-10(12(14)15)8-16-11-5-3-2-4-6-11/h2-6,8-9,13H,7H2,1H3,(H,14,15). The number of ether oxygens (including phenoxy) is 1. The first kappa shape index (κ1) is 12.3. The van der Waals surface area contributed by atoms with Crippen molar-refractivity contribution < 1.29 is 19.7 Å². The molecule has 16 heavy (non-hydrogen) atoms. The first-order valence-electron chi connectivity index (χ1n) is 4.91. The molecule has 1 atom stereocenters. The van der Waals surface area contributed by atoms with Crippen LogP contribution in [0.25, 0.3) is 0 Å². The second kappa shape index (κ2) is 5.92. The number of para-hydroxylation sites is 1.